The van der Waals surface area contributed by atoms with E-state index in [2.05, 4.69) is 15.8 Å². The van der Waals surface area contributed by atoms with Gasteiger partial charge in [-0.2, -0.15) is 5.10 Å². The maximum atomic E-state index is 13.3. The zero-order valence-electron chi connectivity index (χ0n) is 20.2. The van der Waals surface area contributed by atoms with E-state index in [-0.39, 0.29) is 23.4 Å². The molecule has 0 saturated carbocycles. The molecule has 0 saturated heterocycles. The fourth-order valence-corrected chi connectivity index (χ4v) is 3.13. The van der Waals surface area contributed by atoms with E-state index in [0.717, 1.165) is 6.07 Å². The Hall–Kier alpha value is -4.93. The van der Waals surface area contributed by atoms with Crippen molar-refractivity contribution in [3.63, 3.8) is 0 Å². The van der Waals surface area contributed by atoms with E-state index < -0.39 is 23.6 Å². The molecule has 10 nitrogen and oxygen atoms in total. The van der Waals surface area contributed by atoms with Crippen LogP contribution in [0.2, 0.25) is 0 Å². The summed E-state index contributed by atoms with van der Waals surface area (Å²) in [6.07, 6.45) is 1.33. The third-order valence-corrected chi connectivity index (χ3v) is 4.87. The minimum atomic E-state index is -0.718. The maximum absolute atomic E-state index is 13.3. The Labute approximate surface area is 212 Å². The topological polar surface area (TPSA) is 125 Å². The maximum Gasteiger partial charge on any atom is 0.343 e. The molecule has 0 fully saturated rings. The fourth-order valence-electron chi connectivity index (χ4n) is 3.13. The molecule has 0 unspecified atom stereocenters. The van der Waals surface area contributed by atoms with Crippen LogP contribution in [-0.4, -0.2) is 51.9 Å². The van der Waals surface area contributed by atoms with Gasteiger partial charge in [0.25, 0.3) is 11.8 Å². The average Bonchev–Trinajstić information content (AvgIpc) is 2.91. The summed E-state index contributed by atoms with van der Waals surface area (Å²) in [5, 5.41) is 6.31. The summed E-state index contributed by atoms with van der Waals surface area (Å²) in [4.78, 5) is 36.8. The van der Waals surface area contributed by atoms with E-state index in [9.17, 15) is 18.8 Å². The molecule has 11 heteroatoms. The third-order valence-electron chi connectivity index (χ3n) is 4.87. The lowest BCUT2D eigenvalue weighted by Crippen LogP contribution is -2.34. The molecule has 0 aliphatic carbocycles. The fraction of sp³-hybridized carbons (Fsp3) is 0.154. The van der Waals surface area contributed by atoms with Gasteiger partial charge in [0.05, 0.1) is 39.7 Å². The van der Waals surface area contributed by atoms with Gasteiger partial charge in [0.2, 0.25) is 5.75 Å². The molecule has 0 atom stereocenters. The minimum Gasteiger partial charge on any atom is -0.493 e. The number of halogens is 1. The van der Waals surface area contributed by atoms with Crippen LogP contribution in [0.5, 0.6) is 23.0 Å². The van der Waals surface area contributed by atoms with Gasteiger partial charge in [-0.15, -0.1) is 0 Å². The summed E-state index contributed by atoms with van der Waals surface area (Å²) in [5.41, 5.74) is 3.08. The summed E-state index contributed by atoms with van der Waals surface area (Å²) < 4.78 is 34.2. The molecule has 0 bridgehead atoms. The van der Waals surface area contributed by atoms with Gasteiger partial charge in [0.1, 0.15) is 11.6 Å². The summed E-state index contributed by atoms with van der Waals surface area (Å²) in [5.74, 6) is -1.24. The van der Waals surface area contributed by atoms with E-state index in [0.29, 0.717) is 22.8 Å². The summed E-state index contributed by atoms with van der Waals surface area (Å²) in [6, 6.07) is 14.4. The van der Waals surface area contributed by atoms with Crippen molar-refractivity contribution < 1.29 is 37.7 Å². The zero-order chi connectivity index (χ0) is 26.8. The molecule has 0 aliphatic rings. The van der Waals surface area contributed by atoms with Crippen molar-refractivity contribution in [2.24, 2.45) is 5.10 Å². The number of amides is 2. The van der Waals surface area contributed by atoms with Gasteiger partial charge in [0.15, 0.2) is 11.5 Å². The van der Waals surface area contributed by atoms with Gasteiger partial charge in [-0.25, -0.2) is 14.6 Å². The molecule has 3 aromatic carbocycles. The van der Waals surface area contributed by atoms with Crippen LogP contribution in [0.25, 0.3) is 0 Å². The van der Waals surface area contributed by atoms with Crippen molar-refractivity contribution in [3.05, 3.63) is 83.2 Å². The Morgan fingerprint density at radius 2 is 1.59 bits per heavy atom. The summed E-state index contributed by atoms with van der Waals surface area (Å²) in [6.45, 7) is -0.349. The van der Waals surface area contributed by atoms with Gasteiger partial charge in [-0.1, -0.05) is 18.2 Å². The molecule has 0 radical (unpaired) electrons. The Morgan fingerprint density at radius 1 is 0.892 bits per heavy atom. The quantitative estimate of drug-likeness (QED) is 0.186. The van der Waals surface area contributed by atoms with Crippen LogP contribution in [0.4, 0.5) is 4.39 Å². The summed E-state index contributed by atoms with van der Waals surface area (Å²) in [7, 11) is 4.30. The highest BCUT2D eigenvalue weighted by atomic mass is 19.1. The second kappa shape index (κ2) is 12.7. The third kappa shape index (κ3) is 7.28. The lowest BCUT2D eigenvalue weighted by molar-refractivity contribution is -0.120. The molecule has 0 heterocycles. The van der Waals surface area contributed by atoms with E-state index in [1.807, 2.05) is 0 Å². The number of carbonyl (C=O) groups is 3. The predicted octanol–water partition coefficient (Wildman–Crippen LogP) is 2.95. The second-order valence-corrected chi connectivity index (χ2v) is 7.36. The number of benzene rings is 3. The van der Waals surface area contributed by atoms with Gasteiger partial charge >= 0.3 is 5.97 Å². The van der Waals surface area contributed by atoms with Crippen LogP contribution in [0.3, 0.4) is 0 Å². The molecule has 0 aliphatic heterocycles. The normalized spacial score (nSPS) is 10.5. The van der Waals surface area contributed by atoms with Crippen molar-refractivity contribution in [1.29, 1.82) is 0 Å². The van der Waals surface area contributed by atoms with Gasteiger partial charge in [0, 0.05) is 5.56 Å². The predicted molar refractivity (Wildman–Crippen MR) is 132 cm³/mol. The molecule has 0 aromatic heterocycles. The zero-order valence-corrected chi connectivity index (χ0v) is 20.2. The van der Waals surface area contributed by atoms with Crippen molar-refractivity contribution in [1.82, 2.24) is 10.7 Å². The first kappa shape index (κ1) is 26.7. The lowest BCUT2D eigenvalue weighted by atomic mass is 10.1. The van der Waals surface area contributed by atoms with Crippen LogP contribution in [-0.2, 0) is 4.79 Å². The molecular formula is C26H24FN3O7. The van der Waals surface area contributed by atoms with E-state index >= 15 is 0 Å². The van der Waals surface area contributed by atoms with Gasteiger partial charge in [-0.05, 0) is 48.0 Å². The number of hydrogen-bond donors (Lipinski definition) is 2. The van der Waals surface area contributed by atoms with Crippen molar-refractivity contribution >= 4 is 24.0 Å². The molecule has 37 heavy (non-hydrogen) atoms. The summed E-state index contributed by atoms with van der Waals surface area (Å²) >= 11 is 0. The molecular weight excluding hydrogens is 485 g/mol. The second-order valence-electron chi connectivity index (χ2n) is 7.36. The highest BCUT2D eigenvalue weighted by molar-refractivity contribution is 5.97. The van der Waals surface area contributed by atoms with Crippen LogP contribution in [0, 0.1) is 5.82 Å². The number of nitrogens with zero attached hydrogens (tertiary/aromatic N) is 1. The number of rotatable bonds is 10. The molecule has 2 N–H and O–H groups in total. The smallest absolute Gasteiger partial charge is 0.343 e. The standard InChI is InChI=1S/C26H24FN3O7/c1-34-21-12-18(13-22(35-2)24(21)36-3)25(32)28-15-23(31)30-29-14-16-6-4-9-20(10-16)37-26(33)17-7-5-8-19(27)11-17/h4-14H,15H2,1-3H3,(H,28,32)(H,30,31). The first-order valence-electron chi connectivity index (χ1n) is 10.8. The van der Waals surface area contributed by atoms with Crippen LogP contribution in [0.15, 0.2) is 65.8 Å². The number of esters is 1. The Morgan fingerprint density at radius 3 is 2.24 bits per heavy atom. The van der Waals surface area contributed by atoms with E-state index in [4.69, 9.17) is 18.9 Å². The molecule has 192 valence electrons. The van der Waals surface area contributed by atoms with Crippen LogP contribution in [0.1, 0.15) is 26.3 Å². The van der Waals surface area contributed by atoms with E-state index in [1.165, 1.54) is 63.9 Å². The first-order valence-corrected chi connectivity index (χ1v) is 10.8. The number of hydrogen-bond acceptors (Lipinski definition) is 8. The van der Waals surface area contributed by atoms with Crippen LogP contribution < -0.4 is 29.7 Å². The number of carbonyl (C=O) groups excluding carboxylic acids is 3. The number of ether oxygens (including phenoxy) is 4. The Balaban J connectivity index is 1.54. The highest BCUT2D eigenvalue weighted by Gasteiger charge is 2.17. The first-order chi connectivity index (χ1) is 17.8. The monoisotopic (exact) mass is 509 g/mol. The highest BCUT2D eigenvalue weighted by Crippen LogP contribution is 2.38. The van der Waals surface area contributed by atoms with Crippen molar-refractivity contribution in [2.75, 3.05) is 27.9 Å². The van der Waals surface area contributed by atoms with Crippen molar-refractivity contribution in [3.8, 4) is 23.0 Å². The SMILES string of the molecule is COc1cc(C(=O)NCC(=O)NN=Cc2cccc(OC(=O)c3cccc(F)c3)c2)cc(OC)c1OC. The van der Waals surface area contributed by atoms with Gasteiger partial charge in [-0.3, -0.25) is 9.59 Å². The Bertz CT molecular complexity index is 1300. The van der Waals surface area contributed by atoms with Crippen molar-refractivity contribution in [2.45, 2.75) is 0 Å². The Kier molecular flexibility index (Phi) is 9.14. The number of nitrogens with one attached hydrogen (secondary N) is 2. The molecule has 3 rings (SSSR count). The molecule has 2 amide bonds. The van der Waals surface area contributed by atoms with Crippen LogP contribution >= 0.6 is 0 Å². The van der Waals surface area contributed by atoms with E-state index in [1.54, 1.807) is 18.2 Å². The number of hydrazone groups is 1. The van der Waals surface area contributed by atoms with Gasteiger partial charge < -0.3 is 24.3 Å². The number of methoxy groups -OCH3 is 3. The average molecular weight is 509 g/mol. The minimum absolute atomic E-state index is 0.0694. The molecule has 0 spiro atoms. The molecule has 3 aromatic rings. The largest absolute Gasteiger partial charge is 0.493 e. The lowest BCUT2D eigenvalue weighted by Gasteiger charge is -2.14.